The van der Waals surface area contributed by atoms with Gasteiger partial charge in [0.05, 0.1) is 24.3 Å². The molecule has 1 N–H and O–H groups in total. The standard InChI is InChI=1S/C16H17ClN4S2/c1-16(2)9-18-14(20-16)22-7-12-8-23-15-19-13-4-3-11(17)5-10(13)6-21(12)15/h3-5,8H,6-7,9H2,1-2H3,(H,18,20). The maximum Gasteiger partial charge on any atom is 0.173 e. The summed E-state index contributed by atoms with van der Waals surface area (Å²) in [6.45, 7) is 6.01. The molecule has 23 heavy (non-hydrogen) atoms. The van der Waals surface area contributed by atoms with Crippen LogP contribution in [0.25, 0.3) is 0 Å². The third-order valence-corrected chi connectivity index (χ3v) is 5.98. The van der Waals surface area contributed by atoms with E-state index in [1.165, 1.54) is 11.3 Å². The summed E-state index contributed by atoms with van der Waals surface area (Å²) >= 11 is 9.57. The second-order valence-corrected chi connectivity index (χ2v) is 8.64. The van der Waals surface area contributed by atoms with E-state index in [4.69, 9.17) is 16.6 Å². The van der Waals surface area contributed by atoms with E-state index in [-0.39, 0.29) is 5.54 Å². The van der Waals surface area contributed by atoms with Crippen LogP contribution in [0, 0.1) is 0 Å². The van der Waals surface area contributed by atoms with Gasteiger partial charge in [0.2, 0.25) is 0 Å². The van der Waals surface area contributed by atoms with Gasteiger partial charge in [0.15, 0.2) is 10.3 Å². The first-order valence-electron chi connectivity index (χ1n) is 7.46. The molecule has 4 nitrogen and oxygen atoms in total. The molecule has 0 bridgehead atoms. The van der Waals surface area contributed by atoms with Crippen molar-refractivity contribution in [1.82, 2.24) is 10.2 Å². The first kappa shape index (κ1) is 15.4. The van der Waals surface area contributed by atoms with Crippen LogP contribution >= 0.6 is 35.1 Å². The lowest BCUT2D eigenvalue weighted by Crippen LogP contribution is -2.38. The lowest BCUT2D eigenvalue weighted by Gasteiger charge is -2.27. The molecule has 0 amide bonds. The summed E-state index contributed by atoms with van der Waals surface area (Å²) in [5.74, 6) is 0.893. The van der Waals surface area contributed by atoms with Crippen molar-refractivity contribution >= 4 is 51.1 Å². The minimum Gasteiger partial charge on any atom is -0.358 e. The fraction of sp³-hybridized carbons (Fsp3) is 0.375. The number of hydrogen-bond donors (Lipinski definition) is 1. The summed E-state index contributed by atoms with van der Waals surface area (Å²) in [6.07, 6.45) is 0. The van der Waals surface area contributed by atoms with E-state index in [0.717, 1.165) is 39.9 Å². The van der Waals surface area contributed by atoms with Crippen LogP contribution in [0.4, 0.5) is 5.69 Å². The van der Waals surface area contributed by atoms with Crippen LogP contribution in [0.15, 0.2) is 39.3 Å². The Morgan fingerprint density at radius 2 is 2.30 bits per heavy atom. The Morgan fingerprint density at radius 1 is 1.43 bits per heavy atom. The highest BCUT2D eigenvalue weighted by molar-refractivity contribution is 8.17. The summed E-state index contributed by atoms with van der Waals surface area (Å²) in [4.78, 5) is 11.6. The van der Waals surface area contributed by atoms with Gasteiger partial charge in [0, 0.05) is 16.5 Å². The topological polar surface area (TPSA) is 40.0 Å². The normalized spacial score (nSPS) is 21.2. The fourth-order valence-electron chi connectivity index (χ4n) is 2.66. The first-order valence-corrected chi connectivity index (χ1v) is 9.70. The van der Waals surface area contributed by atoms with E-state index in [2.05, 4.69) is 34.5 Å². The van der Waals surface area contributed by atoms with E-state index in [1.54, 1.807) is 23.5 Å². The van der Waals surface area contributed by atoms with Crippen LogP contribution in [0.2, 0.25) is 5.02 Å². The molecule has 0 aliphatic carbocycles. The molecule has 0 spiro atoms. The Morgan fingerprint density at radius 3 is 3.09 bits per heavy atom. The molecule has 0 saturated carbocycles. The largest absolute Gasteiger partial charge is 0.358 e. The van der Waals surface area contributed by atoms with Crippen LogP contribution in [0.1, 0.15) is 19.4 Å². The number of benzene rings is 1. The van der Waals surface area contributed by atoms with E-state index in [0.29, 0.717) is 0 Å². The molecule has 0 aromatic heterocycles. The van der Waals surface area contributed by atoms with Crippen molar-refractivity contribution in [3.8, 4) is 0 Å². The SMILES string of the molecule is CC1(C)CN=C(SCC2=CSC3=Nc4ccc(Cl)cc4CN23)N1. The summed E-state index contributed by atoms with van der Waals surface area (Å²) in [5, 5.41) is 8.51. The van der Waals surface area contributed by atoms with Crippen LogP contribution in [-0.4, -0.2) is 33.1 Å². The van der Waals surface area contributed by atoms with E-state index in [9.17, 15) is 0 Å². The van der Waals surface area contributed by atoms with E-state index in [1.807, 2.05) is 18.2 Å². The predicted octanol–water partition coefficient (Wildman–Crippen LogP) is 4.20. The van der Waals surface area contributed by atoms with Crippen LogP contribution in [0.3, 0.4) is 0 Å². The molecule has 0 radical (unpaired) electrons. The number of hydrogen-bond acceptors (Lipinski definition) is 6. The number of fused-ring (bicyclic) bond motifs is 2. The molecule has 0 saturated heterocycles. The smallest absolute Gasteiger partial charge is 0.173 e. The van der Waals surface area contributed by atoms with Gasteiger partial charge >= 0.3 is 0 Å². The maximum absolute atomic E-state index is 6.12. The summed E-state index contributed by atoms with van der Waals surface area (Å²) in [5.41, 5.74) is 3.56. The highest BCUT2D eigenvalue weighted by atomic mass is 35.5. The third-order valence-electron chi connectivity index (χ3n) is 3.88. The molecular weight excluding hydrogens is 348 g/mol. The van der Waals surface area contributed by atoms with Crippen molar-refractivity contribution < 1.29 is 0 Å². The predicted molar refractivity (Wildman–Crippen MR) is 102 cm³/mol. The zero-order valence-electron chi connectivity index (χ0n) is 13.0. The molecule has 0 fully saturated rings. The Labute approximate surface area is 149 Å². The van der Waals surface area contributed by atoms with Gasteiger partial charge in [-0.3, -0.25) is 4.99 Å². The van der Waals surface area contributed by atoms with Gasteiger partial charge in [-0.1, -0.05) is 35.1 Å². The second kappa shape index (κ2) is 5.76. The Balaban J connectivity index is 1.45. The van der Waals surface area contributed by atoms with Crippen molar-refractivity contribution in [3.05, 3.63) is 39.9 Å². The molecule has 4 rings (SSSR count). The summed E-state index contributed by atoms with van der Waals surface area (Å²) in [7, 11) is 0. The van der Waals surface area contributed by atoms with Crippen LogP contribution in [0.5, 0.6) is 0 Å². The van der Waals surface area contributed by atoms with Gasteiger partial charge in [-0.2, -0.15) is 0 Å². The number of halogens is 1. The molecule has 120 valence electrons. The van der Waals surface area contributed by atoms with Crippen LogP contribution < -0.4 is 5.32 Å². The minimum absolute atomic E-state index is 0.0779. The Bertz CT molecular complexity index is 754. The fourth-order valence-corrected chi connectivity index (χ4v) is 4.90. The monoisotopic (exact) mass is 364 g/mol. The lowest BCUT2D eigenvalue weighted by molar-refractivity contribution is 0.507. The molecule has 3 heterocycles. The zero-order chi connectivity index (χ0) is 16.0. The Hall–Kier alpha value is -1.11. The summed E-state index contributed by atoms with van der Waals surface area (Å²) < 4.78 is 0. The average molecular weight is 365 g/mol. The third kappa shape index (κ3) is 3.12. The second-order valence-electron chi connectivity index (χ2n) is 6.40. The molecular formula is C16H17ClN4S2. The van der Waals surface area contributed by atoms with E-state index >= 15 is 0 Å². The molecule has 3 aliphatic rings. The van der Waals surface area contributed by atoms with E-state index < -0.39 is 0 Å². The quantitative estimate of drug-likeness (QED) is 0.853. The van der Waals surface area contributed by atoms with Gasteiger partial charge in [0.1, 0.15) is 0 Å². The molecule has 7 heteroatoms. The highest BCUT2D eigenvalue weighted by Gasteiger charge is 2.29. The zero-order valence-corrected chi connectivity index (χ0v) is 15.4. The van der Waals surface area contributed by atoms with Gasteiger partial charge < -0.3 is 10.2 Å². The number of aliphatic imine (C=N–C) groups is 2. The number of rotatable bonds is 2. The average Bonchev–Trinajstić information content (AvgIpc) is 3.05. The summed E-state index contributed by atoms with van der Waals surface area (Å²) in [6, 6.07) is 5.90. The Kier molecular flexibility index (Phi) is 3.86. The van der Waals surface area contributed by atoms with Crippen molar-refractivity contribution in [3.63, 3.8) is 0 Å². The van der Waals surface area contributed by atoms with Crippen LogP contribution in [-0.2, 0) is 6.54 Å². The molecule has 0 atom stereocenters. The maximum atomic E-state index is 6.12. The van der Waals surface area contributed by atoms with Crippen molar-refractivity contribution in [1.29, 1.82) is 0 Å². The van der Waals surface area contributed by atoms with Crippen molar-refractivity contribution in [2.24, 2.45) is 9.98 Å². The molecule has 0 unspecified atom stereocenters. The van der Waals surface area contributed by atoms with Gasteiger partial charge in [-0.25, -0.2) is 4.99 Å². The van der Waals surface area contributed by atoms with Crippen molar-refractivity contribution in [2.45, 2.75) is 25.9 Å². The minimum atomic E-state index is 0.0779. The molecule has 3 aliphatic heterocycles. The van der Waals surface area contributed by atoms with Crippen molar-refractivity contribution in [2.75, 3.05) is 12.3 Å². The molecule has 1 aromatic carbocycles. The van der Waals surface area contributed by atoms with Gasteiger partial charge in [-0.05, 0) is 43.0 Å². The number of amidine groups is 2. The number of nitrogens with one attached hydrogen (secondary N) is 1. The lowest BCUT2D eigenvalue weighted by atomic mass is 10.1. The molecule has 1 aromatic rings. The first-order chi connectivity index (χ1) is 11.0. The number of thioether (sulfide) groups is 2. The highest BCUT2D eigenvalue weighted by Crippen LogP contribution is 2.38. The van der Waals surface area contributed by atoms with Gasteiger partial charge in [0.25, 0.3) is 0 Å². The van der Waals surface area contributed by atoms with Gasteiger partial charge in [-0.15, -0.1) is 0 Å². The number of nitrogens with zero attached hydrogens (tertiary/aromatic N) is 3.